The van der Waals surface area contributed by atoms with Crippen molar-refractivity contribution in [3.63, 3.8) is 0 Å². The van der Waals surface area contributed by atoms with E-state index in [1.165, 1.54) is 11.1 Å². The van der Waals surface area contributed by atoms with Gasteiger partial charge in [-0.05, 0) is 36.3 Å². The Hall–Kier alpha value is -1.15. The lowest BCUT2D eigenvalue weighted by atomic mass is 9.65. The average molecular weight is 243 g/mol. The molecule has 0 amide bonds. The molecule has 1 fully saturated rings. The van der Waals surface area contributed by atoms with Crippen molar-refractivity contribution in [2.45, 2.75) is 26.9 Å². The minimum absolute atomic E-state index is 0.189. The Morgan fingerprint density at radius 1 is 1.33 bits per heavy atom. The summed E-state index contributed by atoms with van der Waals surface area (Å²) in [5.74, 6) is 2.53. The van der Waals surface area contributed by atoms with Gasteiger partial charge in [-0.2, -0.15) is 0 Å². The van der Waals surface area contributed by atoms with Crippen LogP contribution in [0.5, 0.6) is 0 Å². The summed E-state index contributed by atoms with van der Waals surface area (Å²) in [6, 6.07) is 4.13. The largest absolute Gasteiger partial charge is 0.373 e. The maximum Gasteiger partial charge on any atom is 0.0907 e. The SMILES string of the molecule is CC1=CC(C)C2COC(c3cccnc3)C1C2C. The Balaban J connectivity index is 1.97. The Labute approximate surface area is 109 Å². The van der Waals surface area contributed by atoms with Crippen LogP contribution in [0.3, 0.4) is 0 Å². The van der Waals surface area contributed by atoms with E-state index in [2.05, 4.69) is 37.9 Å². The first kappa shape index (κ1) is 11.9. The second-order valence-electron chi connectivity index (χ2n) is 5.86. The molecule has 5 atom stereocenters. The molecule has 0 spiro atoms. The number of hydrogen-bond acceptors (Lipinski definition) is 2. The van der Waals surface area contributed by atoms with Gasteiger partial charge in [0.25, 0.3) is 0 Å². The summed E-state index contributed by atoms with van der Waals surface area (Å²) in [6.45, 7) is 7.83. The first-order chi connectivity index (χ1) is 8.68. The van der Waals surface area contributed by atoms with Crippen molar-refractivity contribution in [1.29, 1.82) is 0 Å². The molecule has 0 radical (unpaired) electrons. The van der Waals surface area contributed by atoms with Gasteiger partial charge in [-0.1, -0.05) is 31.6 Å². The fourth-order valence-corrected chi connectivity index (χ4v) is 3.79. The number of nitrogens with zero attached hydrogens (tertiary/aromatic N) is 1. The van der Waals surface area contributed by atoms with Crippen LogP contribution in [0.25, 0.3) is 0 Å². The van der Waals surface area contributed by atoms with Gasteiger partial charge in [0.1, 0.15) is 0 Å². The molecule has 18 heavy (non-hydrogen) atoms. The molecule has 1 aromatic heterocycles. The summed E-state index contributed by atoms with van der Waals surface area (Å²) in [7, 11) is 0. The van der Waals surface area contributed by atoms with E-state index >= 15 is 0 Å². The van der Waals surface area contributed by atoms with Gasteiger partial charge in [0.2, 0.25) is 0 Å². The summed E-state index contributed by atoms with van der Waals surface area (Å²) in [6.07, 6.45) is 6.41. The molecule has 2 aliphatic rings. The molecule has 2 bridgehead atoms. The van der Waals surface area contributed by atoms with Gasteiger partial charge in [-0.3, -0.25) is 4.98 Å². The topological polar surface area (TPSA) is 22.1 Å². The van der Waals surface area contributed by atoms with Crippen molar-refractivity contribution in [1.82, 2.24) is 4.98 Å². The van der Waals surface area contributed by atoms with Gasteiger partial charge in [0.15, 0.2) is 0 Å². The Morgan fingerprint density at radius 2 is 2.17 bits per heavy atom. The van der Waals surface area contributed by atoms with Crippen LogP contribution in [0.15, 0.2) is 36.2 Å². The standard InChI is InChI=1S/C16H21NO/c1-10-7-11(2)15-12(3)14(10)9-18-16(15)13-5-4-6-17-8-13/h4-8,10,12,14-16H,9H2,1-3H3. The minimum atomic E-state index is 0.189. The van der Waals surface area contributed by atoms with Gasteiger partial charge in [-0.15, -0.1) is 0 Å². The third kappa shape index (κ3) is 1.79. The minimum Gasteiger partial charge on any atom is -0.373 e. The molecule has 0 aromatic carbocycles. The van der Waals surface area contributed by atoms with Crippen LogP contribution in [0.1, 0.15) is 32.4 Å². The molecule has 1 saturated heterocycles. The predicted molar refractivity (Wildman–Crippen MR) is 72.0 cm³/mol. The average Bonchev–Trinajstić information content (AvgIpc) is 2.37. The molecule has 1 aliphatic carbocycles. The first-order valence-corrected chi connectivity index (χ1v) is 6.88. The van der Waals surface area contributed by atoms with Crippen LogP contribution in [-0.4, -0.2) is 11.6 Å². The molecule has 1 aliphatic heterocycles. The highest BCUT2D eigenvalue weighted by Gasteiger charge is 2.43. The lowest BCUT2D eigenvalue weighted by Gasteiger charge is -2.47. The van der Waals surface area contributed by atoms with Crippen molar-refractivity contribution >= 4 is 0 Å². The van der Waals surface area contributed by atoms with Gasteiger partial charge in [0, 0.05) is 18.3 Å². The predicted octanol–water partition coefficient (Wildman–Crippen LogP) is 3.62. The number of hydrogen-bond donors (Lipinski definition) is 0. The van der Waals surface area contributed by atoms with Crippen molar-refractivity contribution in [3.05, 3.63) is 41.7 Å². The lowest BCUT2D eigenvalue weighted by molar-refractivity contribution is -0.0935. The van der Waals surface area contributed by atoms with E-state index in [-0.39, 0.29) is 6.10 Å². The summed E-state index contributed by atoms with van der Waals surface area (Å²) in [5, 5.41) is 0. The van der Waals surface area contributed by atoms with Crippen molar-refractivity contribution in [3.8, 4) is 0 Å². The number of ether oxygens (including phenoxy) is 1. The molecule has 96 valence electrons. The van der Waals surface area contributed by atoms with E-state index in [0.29, 0.717) is 23.7 Å². The number of rotatable bonds is 1. The number of aromatic nitrogens is 1. The first-order valence-electron chi connectivity index (χ1n) is 6.88. The van der Waals surface area contributed by atoms with E-state index < -0.39 is 0 Å². The maximum atomic E-state index is 6.16. The van der Waals surface area contributed by atoms with E-state index in [0.717, 1.165) is 6.61 Å². The molecule has 0 N–H and O–H groups in total. The van der Waals surface area contributed by atoms with E-state index in [4.69, 9.17) is 4.74 Å². The third-order valence-corrected chi connectivity index (χ3v) is 4.78. The second-order valence-corrected chi connectivity index (χ2v) is 5.86. The Kier molecular flexibility index (Phi) is 2.98. The van der Waals surface area contributed by atoms with Crippen LogP contribution >= 0.6 is 0 Å². The van der Waals surface area contributed by atoms with Crippen LogP contribution in [0.2, 0.25) is 0 Å². The Morgan fingerprint density at radius 3 is 2.89 bits per heavy atom. The zero-order chi connectivity index (χ0) is 12.7. The summed E-state index contributed by atoms with van der Waals surface area (Å²) in [4.78, 5) is 4.23. The number of allylic oxidation sites excluding steroid dienone is 1. The maximum absolute atomic E-state index is 6.16. The van der Waals surface area contributed by atoms with Crippen LogP contribution in [-0.2, 0) is 4.74 Å². The summed E-state index contributed by atoms with van der Waals surface area (Å²) in [5.41, 5.74) is 2.70. The monoisotopic (exact) mass is 243 g/mol. The molecular formula is C16H21NO. The third-order valence-electron chi connectivity index (χ3n) is 4.78. The molecule has 0 saturated carbocycles. The quantitative estimate of drug-likeness (QED) is 0.703. The normalized spacial score (nSPS) is 39.3. The smallest absolute Gasteiger partial charge is 0.0907 e. The Bertz CT molecular complexity index is 453. The van der Waals surface area contributed by atoms with E-state index in [9.17, 15) is 0 Å². The highest BCUT2D eigenvalue weighted by molar-refractivity contribution is 5.23. The van der Waals surface area contributed by atoms with Crippen molar-refractivity contribution in [2.24, 2.45) is 23.7 Å². The molecule has 2 heterocycles. The lowest BCUT2D eigenvalue weighted by Crippen LogP contribution is -2.42. The molecule has 3 rings (SSSR count). The van der Waals surface area contributed by atoms with Gasteiger partial charge < -0.3 is 4.74 Å². The number of fused-ring (bicyclic) bond motifs is 2. The van der Waals surface area contributed by atoms with Crippen LogP contribution in [0.4, 0.5) is 0 Å². The highest BCUT2D eigenvalue weighted by atomic mass is 16.5. The van der Waals surface area contributed by atoms with Gasteiger partial charge in [-0.25, -0.2) is 0 Å². The zero-order valence-corrected chi connectivity index (χ0v) is 11.3. The van der Waals surface area contributed by atoms with Crippen molar-refractivity contribution < 1.29 is 4.74 Å². The van der Waals surface area contributed by atoms with E-state index in [1.807, 2.05) is 18.5 Å². The van der Waals surface area contributed by atoms with Gasteiger partial charge in [0.05, 0.1) is 12.7 Å². The molecule has 2 nitrogen and oxygen atoms in total. The summed E-state index contributed by atoms with van der Waals surface area (Å²) >= 11 is 0. The van der Waals surface area contributed by atoms with E-state index in [1.54, 1.807) is 0 Å². The second kappa shape index (κ2) is 4.51. The molecular weight excluding hydrogens is 222 g/mol. The summed E-state index contributed by atoms with van der Waals surface area (Å²) < 4.78 is 6.16. The molecule has 1 aromatic rings. The fourth-order valence-electron chi connectivity index (χ4n) is 3.79. The van der Waals surface area contributed by atoms with Crippen LogP contribution in [0, 0.1) is 23.7 Å². The zero-order valence-electron chi connectivity index (χ0n) is 11.3. The molecule has 5 unspecified atom stereocenters. The van der Waals surface area contributed by atoms with Crippen LogP contribution < -0.4 is 0 Å². The molecule has 2 heteroatoms. The number of pyridine rings is 1. The van der Waals surface area contributed by atoms with Crippen molar-refractivity contribution in [2.75, 3.05) is 6.61 Å². The van der Waals surface area contributed by atoms with Gasteiger partial charge >= 0.3 is 0 Å². The highest BCUT2D eigenvalue weighted by Crippen LogP contribution is 2.49. The fraction of sp³-hybridized carbons (Fsp3) is 0.562.